The number of nitrogens with zero attached hydrogens (tertiary/aromatic N) is 2. The lowest BCUT2D eigenvalue weighted by atomic mass is 10.0. The Bertz CT molecular complexity index is 276. The van der Waals surface area contributed by atoms with Crippen LogP contribution in [0.25, 0.3) is 0 Å². The molecule has 0 spiro atoms. The van der Waals surface area contributed by atoms with Crippen LogP contribution in [0.1, 0.15) is 32.8 Å². The Morgan fingerprint density at radius 1 is 1.50 bits per heavy atom. The van der Waals surface area contributed by atoms with Crippen molar-refractivity contribution in [3.05, 3.63) is 18.0 Å². The molecular formula is C11H21N3. The van der Waals surface area contributed by atoms with E-state index in [4.69, 9.17) is 0 Å². The van der Waals surface area contributed by atoms with Gasteiger partial charge < -0.3 is 5.32 Å². The Labute approximate surface area is 86.5 Å². The summed E-state index contributed by atoms with van der Waals surface area (Å²) in [4.78, 5) is 0. The monoisotopic (exact) mass is 195 g/mol. The summed E-state index contributed by atoms with van der Waals surface area (Å²) in [7, 11) is 0. The third kappa shape index (κ3) is 3.50. The van der Waals surface area contributed by atoms with E-state index in [0.717, 1.165) is 19.5 Å². The van der Waals surface area contributed by atoms with Crippen LogP contribution in [0.2, 0.25) is 0 Å². The van der Waals surface area contributed by atoms with Crippen LogP contribution in [0.15, 0.2) is 12.4 Å². The van der Waals surface area contributed by atoms with E-state index in [1.807, 2.05) is 10.9 Å². The highest BCUT2D eigenvalue weighted by Crippen LogP contribution is 2.05. The van der Waals surface area contributed by atoms with E-state index in [2.05, 4.69) is 44.3 Å². The fraction of sp³-hybridized carbons (Fsp3) is 0.727. The highest BCUT2D eigenvalue weighted by atomic mass is 15.3. The molecule has 3 heteroatoms. The number of hydrogen-bond donors (Lipinski definition) is 1. The highest BCUT2D eigenvalue weighted by molar-refractivity contribution is 4.99. The highest BCUT2D eigenvalue weighted by Gasteiger charge is 2.12. The van der Waals surface area contributed by atoms with E-state index in [1.54, 1.807) is 0 Å². The summed E-state index contributed by atoms with van der Waals surface area (Å²) < 4.78 is 1.98. The van der Waals surface area contributed by atoms with Gasteiger partial charge in [-0.15, -0.1) is 0 Å². The maximum absolute atomic E-state index is 4.24. The summed E-state index contributed by atoms with van der Waals surface area (Å²) in [6.45, 7) is 10.6. The van der Waals surface area contributed by atoms with Crippen LogP contribution in [-0.4, -0.2) is 21.9 Å². The molecule has 0 atom stereocenters. The first-order valence-corrected chi connectivity index (χ1v) is 5.27. The molecule has 1 rings (SSSR count). The van der Waals surface area contributed by atoms with Crippen molar-refractivity contribution in [2.24, 2.45) is 0 Å². The number of aryl methyl sites for hydroxylation is 1. The molecule has 1 heterocycles. The van der Waals surface area contributed by atoms with Crippen LogP contribution in [0.3, 0.4) is 0 Å². The van der Waals surface area contributed by atoms with Gasteiger partial charge in [-0.05, 0) is 32.8 Å². The van der Waals surface area contributed by atoms with Gasteiger partial charge in [0.2, 0.25) is 0 Å². The van der Waals surface area contributed by atoms with Crippen LogP contribution in [-0.2, 0) is 6.54 Å². The standard InChI is InChI=1S/C11H21N3/c1-5-11(3,4)12-6-7-14-9-10(2)8-13-14/h8-9,12H,5-7H2,1-4H3. The average Bonchev–Trinajstić information content (AvgIpc) is 2.51. The molecule has 0 aliphatic heterocycles. The van der Waals surface area contributed by atoms with Crippen molar-refractivity contribution >= 4 is 0 Å². The summed E-state index contributed by atoms with van der Waals surface area (Å²) in [6.07, 6.45) is 5.11. The number of rotatable bonds is 5. The van der Waals surface area contributed by atoms with Crippen molar-refractivity contribution in [3.63, 3.8) is 0 Å². The largest absolute Gasteiger partial charge is 0.310 e. The van der Waals surface area contributed by atoms with Crippen LogP contribution in [0.4, 0.5) is 0 Å². The van der Waals surface area contributed by atoms with E-state index in [9.17, 15) is 0 Å². The maximum Gasteiger partial charge on any atom is 0.0534 e. The maximum atomic E-state index is 4.24. The number of aromatic nitrogens is 2. The molecule has 0 saturated carbocycles. The lowest BCUT2D eigenvalue weighted by Gasteiger charge is -2.24. The van der Waals surface area contributed by atoms with E-state index in [0.29, 0.717) is 0 Å². The van der Waals surface area contributed by atoms with Gasteiger partial charge in [-0.3, -0.25) is 4.68 Å². The first kappa shape index (κ1) is 11.2. The SMILES string of the molecule is CCC(C)(C)NCCn1cc(C)cn1. The van der Waals surface area contributed by atoms with Crippen molar-refractivity contribution in [3.8, 4) is 0 Å². The summed E-state index contributed by atoms with van der Waals surface area (Å²) in [6, 6.07) is 0. The van der Waals surface area contributed by atoms with Gasteiger partial charge in [0, 0.05) is 18.3 Å². The van der Waals surface area contributed by atoms with Crippen molar-refractivity contribution < 1.29 is 0 Å². The molecular weight excluding hydrogens is 174 g/mol. The Morgan fingerprint density at radius 3 is 2.71 bits per heavy atom. The van der Waals surface area contributed by atoms with Gasteiger partial charge in [0.25, 0.3) is 0 Å². The van der Waals surface area contributed by atoms with Crippen molar-refractivity contribution in [1.29, 1.82) is 0 Å². The molecule has 1 N–H and O–H groups in total. The van der Waals surface area contributed by atoms with Crippen LogP contribution >= 0.6 is 0 Å². The Hall–Kier alpha value is -0.830. The Morgan fingerprint density at radius 2 is 2.21 bits per heavy atom. The van der Waals surface area contributed by atoms with Crippen molar-refractivity contribution in [2.75, 3.05) is 6.54 Å². The van der Waals surface area contributed by atoms with Crippen LogP contribution in [0.5, 0.6) is 0 Å². The number of hydrogen-bond acceptors (Lipinski definition) is 2. The molecule has 0 amide bonds. The summed E-state index contributed by atoms with van der Waals surface area (Å²) in [5, 5.41) is 7.74. The second-order valence-corrected chi connectivity index (χ2v) is 4.44. The van der Waals surface area contributed by atoms with Crippen LogP contribution in [0, 0.1) is 6.92 Å². The molecule has 0 unspecified atom stereocenters. The summed E-state index contributed by atoms with van der Waals surface area (Å²) in [5.41, 5.74) is 1.46. The topological polar surface area (TPSA) is 29.9 Å². The molecule has 0 radical (unpaired) electrons. The van der Waals surface area contributed by atoms with Gasteiger partial charge in [0.1, 0.15) is 0 Å². The smallest absolute Gasteiger partial charge is 0.0534 e. The zero-order chi connectivity index (χ0) is 10.6. The molecule has 14 heavy (non-hydrogen) atoms. The first-order valence-electron chi connectivity index (χ1n) is 5.27. The summed E-state index contributed by atoms with van der Waals surface area (Å²) >= 11 is 0. The van der Waals surface area contributed by atoms with Crippen molar-refractivity contribution in [2.45, 2.75) is 46.2 Å². The van der Waals surface area contributed by atoms with Crippen LogP contribution < -0.4 is 5.32 Å². The Balaban J connectivity index is 2.28. The molecule has 0 aromatic carbocycles. The Kier molecular flexibility index (Phi) is 3.69. The fourth-order valence-corrected chi connectivity index (χ4v) is 1.22. The average molecular weight is 195 g/mol. The van der Waals surface area contributed by atoms with Gasteiger partial charge in [-0.1, -0.05) is 6.92 Å². The van der Waals surface area contributed by atoms with E-state index in [-0.39, 0.29) is 5.54 Å². The second kappa shape index (κ2) is 4.60. The quantitative estimate of drug-likeness (QED) is 0.778. The fourth-order valence-electron chi connectivity index (χ4n) is 1.22. The summed E-state index contributed by atoms with van der Waals surface area (Å²) in [5.74, 6) is 0. The molecule has 0 saturated heterocycles. The van der Waals surface area contributed by atoms with Gasteiger partial charge >= 0.3 is 0 Å². The first-order chi connectivity index (χ1) is 6.53. The molecule has 0 bridgehead atoms. The molecule has 80 valence electrons. The van der Waals surface area contributed by atoms with Gasteiger partial charge in [0.15, 0.2) is 0 Å². The van der Waals surface area contributed by atoms with Gasteiger partial charge in [-0.25, -0.2) is 0 Å². The molecule has 3 nitrogen and oxygen atoms in total. The number of nitrogens with one attached hydrogen (secondary N) is 1. The van der Waals surface area contributed by atoms with E-state index in [1.165, 1.54) is 5.56 Å². The van der Waals surface area contributed by atoms with E-state index < -0.39 is 0 Å². The third-order valence-corrected chi connectivity index (χ3v) is 2.59. The third-order valence-electron chi connectivity index (χ3n) is 2.59. The second-order valence-electron chi connectivity index (χ2n) is 4.44. The zero-order valence-corrected chi connectivity index (χ0v) is 9.67. The minimum Gasteiger partial charge on any atom is -0.310 e. The van der Waals surface area contributed by atoms with Crippen molar-refractivity contribution in [1.82, 2.24) is 15.1 Å². The predicted molar refractivity (Wildman–Crippen MR) is 59.3 cm³/mol. The molecule has 0 aliphatic rings. The molecule has 0 aliphatic carbocycles. The minimum absolute atomic E-state index is 0.238. The zero-order valence-electron chi connectivity index (χ0n) is 9.67. The molecule has 1 aromatic rings. The lowest BCUT2D eigenvalue weighted by molar-refractivity contribution is 0.363. The molecule has 0 fully saturated rings. The normalized spacial score (nSPS) is 12.0. The van der Waals surface area contributed by atoms with Gasteiger partial charge in [-0.2, -0.15) is 5.10 Å². The van der Waals surface area contributed by atoms with E-state index >= 15 is 0 Å². The van der Waals surface area contributed by atoms with Gasteiger partial charge in [0.05, 0.1) is 12.7 Å². The molecule has 1 aromatic heterocycles. The predicted octanol–water partition coefficient (Wildman–Crippen LogP) is 1.97. The minimum atomic E-state index is 0.238. The lowest BCUT2D eigenvalue weighted by Crippen LogP contribution is -2.40.